The first-order valence-electron chi connectivity index (χ1n) is 9.01. The van der Waals surface area contributed by atoms with E-state index < -0.39 is 0 Å². The predicted octanol–water partition coefficient (Wildman–Crippen LogP) is 3.79. The lowest BCUT2D eigenvalue weighted by Crippen LogP contribution is -2.38. The minimum atomic E-state index is -0.0370. The van der Waals surface area contributed by atoms with Gasteiger partial charge in [-0.25, -0.2) is 0 Å². The summed E-state index contributed by atoms with van der Waals surface area (Å²) in [5, 5.41) is 5.23. The number of hydrogen-bond donors (Lipinski definition) is 1. The summed E-state index contributed by atoms with van der Waals surface area (Å²) in [6, 6.07) is 11.8. The van der Waals surface area contributed by atoms with E-state index >= 15 is 0 Å². The fourth-order valence-electron chi connectivity index (χ4n) is 3.24. The first-order chi connectivity index (χ1) is 12.3. The van der Waals surface area contributed by atoms with Crippen LogP contribution in [-0.4, -0.2) is 37.0 Å². The first-order valence-corrected chi connectivity index (χ1v) is 9.89. The highest BCUT2D eigenvalue weighted by Gasteiger charge is 2.21. The van der Waals surface area contributed by atoms with E-state index in [9.17, 15) is 4.79 Å². The zero-order chi connectivity index (χ0) is 17.5. The molecule has 1 N–H and O–H groups in total. The van der Waals surface area contributed by atoms with Gasteiger partial charge in [0.05, 0.1) is 12.2 Å². The standard InChI is InChI=1S/C20H26N2O2S/c1-2-24-19-8-4-3-7-18(19)20(23)21-14-16-9-11-22(12-10-16)15-17-6-5-13-25-17/h3-8,13,16H,2,9-12,14-15H2,1H3,(H,21,23). The van der Waals surface area contributed by atoms with Gasteiger partial charge in [0, 0.05) is 18.0 Å². The van der Waals surface area contributed by atoms with Gasteiger partial charge in [0.25, 0.3) is 5.91 Å². The van der Waals surface area contributed by atoms with Gasteiger partial charge in [-0.1, -0.05) is 18.2 Å². The van der Waals surface area contributed by atoms with Crippen LogP contribution in [0.25, 0.3) is 0 Å². The number of carbonyl (C=O) groups is 1. The Bertz CT molecular complexity index is 664. The quantitative estimate of drug-likeness (QED) is 0.819. The number of carbonyl (C=O) groups excluding carboxylic acids is 1. The fraction of sp³-hybridized carbons (Fsp3) is 0.450. The molecule has 1 saturated heterocycles. The molecule has 4 nitrogen and oxygen atoms in total. The number of benzene rings is 1. The van der Waals surface area contributed by atoms with Gasteiger partial charge < -0.3 is 10.1 Å². The molecule has 0 saturated carbocycles. The molecule has 1 aromatic carbocycles. The average Bonchev–Trinajstić information content (AvgIpc) is 3.15. The molecule has 0 unspecified atom stereocenters. The third kappa shape index (κ3) is 5.06. The Balaban J connectivity index is 1.44. The molecule has 2 heterocycles. The van der Waals surface area contributed by atoms with Gasteiger partial charge in [-0.15, -0.1) is 11.3 Å². The second-order valence-electron chi connectivity index (χ2n) is 6.44. The average molecular weight is 359 g/mol. The second kappa shape index (κ2) is 9.02. The molecule has 0 spiro atoms. The Labute approximate surface area is 153 Å². The molecule has 134 valence electrons. The van der Waals surface area contributed by atoms with E-state index in [4.69, 9.17) is 4.74 Å². The number of hydrogen-bond acceptors (Lipinski definition) is 4. The third-order valence-electron chi connectivity index (χ3n) is 4.65. The van der Waals surface area contributed by atoms with Crippen molar-refractivity contribution in [2.45, 2.75) is 26.3 Å². The summed E-state index contributed by atoms with van der Waals surface area (Å²) in [7, 11) is 0. The van der Waals surface area contributed by atoms with Gasteiger partial charge in [-0.05, 0) is 62.4 Å². The minimum Gasteiger partial charge on any atom is -0.493 e. The lowest BCUT2D eigenvalue weighted by Gasteiger charge is -2.31. The molecular formula is C20H26N2O2S. The van der Waals surface area contributed by atoms with E-state index in [1.807, 2.05) is 42.5 Å². The molecule has 1 aromatic heterocycles. The smallest absolute Gasteiger partial charge is 0.255 e. The van der Waals surface area contributed by atoms with E-state index in [0.717, 1.165) is 39.0 Å². The molecular weight excluding hydrogens is 332 g/mol. The maximum atomic E-state index is 12.5. The zero-order valence-corrected chi connectivity index (χ0v) is 15.6. The monoisotopic (exact) mass is 358 g/mol. The topological polar surface area (TPSA) is 41.6 Å². The van der Waals surface area contributed by atoms with Crippen molar-refractivity contribution in [3.05, 3.63) is 52.2 Å². The highest BCUT2D eigenvalue weighted by Crippen LogP contribution is 2.21. The van der Waals surface area contributed by atoms with E-state index in [1.54, 1.807) is 0 Å². The Kier molecular flexibility index (Phi) is 6.48. The highest BCUT2D eigenvalue weighted by molar-refractivity contribution is 7.09. The van der Waals surface area contributed by atoms with Crippen LogP contribution < -0.4 is 10.1 Å². The van der Waals surface area contributed by atoms with Crippen LogP contribution in [0.1, 0.15) is 35.0 Å². The van der Waals surface area contributed by atoms with Crippen molar-refractivity contribution < 1.29 is 9.53 Å². The summed E-state index contributed by atoms with van der Waals surface area (Å²) < 4.78 is 5.55. The Morgan fingerprint density at radius 2 is 2.04 bits per heavy atom. The van der Waals surface area contributed by atoms with Crippen molar-refractivity contribution in [1.29, 1.82) is 0 Å². The third-order valence-corrected chi connectivity index (χ3v) is 5.51. The van der Waals surface area contributed by atoms with Gasteiger partial charge in [0.2, 0.25) is 0 Å². The number of rotatable bonds is 7. The molecule has 0 bridgehead atoms. The Morgan fingerprint density at radius 3 is 2.76 bits per heavy atom. The molecule has 1 fully saturated rings. The number of nitrogens with one attached hydrogen (secondary N) is 1. The number of amides is 1. The summed E-state index contributed by atoms with van der Waals surface area (Å²) in [4.78, 5) is 16.4. The number of para-hydroxylation sites is 1. The van der Waals surface area contributed by atoms with E-state index in [1.165, 1.54) is 4.88 Å². The summed E-state index contributed by atoms with van der Waals surface area (Å²) >= 11 is 1.82. The maximum Gasteiger partial charge on any atom is 0.255 e. The van der Waals surface area contributed by atoms with Crippen LogP contribution in [0.5, 0.6) is 5.75 Å². The molecule has 1 amide bonds. The summed E-state index contributed by atoms with van der Waals surface area (Å²) in [6.07, 6.45) is 2.28. The molecule has 0 radical (unpaired) electrons. The molecule has 25 heavy (non-hydrogen) atoms. The Hall–Kier alpha value is -1.85. The molecule has 1 aliphatic rings. The van der Waals surface area contributed by atoms with Crippen molar-refractivity contribution in [3.8, 4) is 5.75 Å². The summed E-state index contributed by atoms with van der Waals surface area (Å²) in [5.41, 5.74) is 0.625. The number of thiophene rings is 1. The van der Waals surface area contributed by atoms with Crippen LogP contribution in [0.3, 0.4) is 0 Å². The number of piperidine rings is 1. The SMILES string of the molecule is CCOc1ccccc1C(=O)NCC1CCN(Cc2cccs2)CC1. The number of nitrogens with zero attached hydrogens (tertiary/aromatic N) is 1. The van der Waals surface area contributed by atoms with E-state index in [-0.39, 0.29) is 5.91 Å². The zero-order valence-electron chi connectivity index (χ0n) is 14.7. The summed E-state index contributed by atoms with van der Waals surface area (Å²) in [5.74, 6) is 1.18. The lowest BCUT2D eigenvalue weighted by atomic mass is 9.96. The van der Waals surface area contributed by atoms with Crippen molar-refractivity contribution in [2.24, 2.45) is 5.92 Å². The van der Waals surface area contributed by atoms with Crippen LogP contribution in [-0.2, 0) is 6.54 Å². The Morgan fingerprint density at radius 1 is 1.24 bits per heavy atom. The molecule has 5 heteroatoms. The van der Waals surface area contributed by atoms with Crippen LogP contribution in [0.15, 0.2) is 41.8 Å². The van der Waals surface area contributed by atoms with Crippen molar-refractivity contribution >= 4 is 17.2 Å². The van der Waals surface area contributed by atoms with E-state index in [0.29, 0.717) is 23.8 Å². The second-order valence-corrected chi connectivity index (χ2v) is 7.47. The van der Waals surface area contributed by atoms with Gasteiger partial charge in [0.1, 0.15) is 5.75 Å². The largest absolute Gasteiger partial charge is 0.493 e. The van der Waals surface area contributed by atoms with Crippen molar-refractivity contribution in [2.75, 3.05) is 26.2 Å². The highest BCUT2D eigenvalue weighted by atomic mass is 32.1. The maximum absolute atomic E-state index is 12.5. The lowest BCUT2D eigenvalue weighted by molar-refractivity contribution is 0.0931. The van der Waals surface area contributed by atoms with Crippen LogP contribution in [0.2, 0.25) is 0 Å². The van der Waals surface area contributed by atoms with Crippen LogP contribution in [0, 0.1) is 5.92 Å². The molecule has 3 rings (SSSR count). The summed E-state index contributed by atoms with van der Waals surface area (Å²) in [6.45, 7) is 6.50. The number of ether oxygens (including phenoxy) is 1. The molecule has 2 aromatic rings. The minimum absolute atomic E-state index is 0.0370. The number of likely N-dealkylation sites (tertiary alicyclic amines) is 1. The molecule has 0 aliphatic carbocycles. The van der Waals surface area contributed by atoms with Crippen LogP contribution in [0.4, 0.5) is 0 Å². The van der Waals surface area contributed by atoms with Gasteiger partial charge >= 0.3 is 0 Å². The van der Waals surface area contributed by atoms with Gasteiger partial charge in [0.15, 0.2) is 0 Å². The predicted molar refractivity (Wildman–Crippen MR) is 102 cm³/mol. The van der Waals surface area contributed by atoms with Crippen molar-refractivity contribution in [3.63, 3.8) is 0 Å². The van der Waals surface area contributed by atoms with Crippen LogP contribution >= 0.6 is 11.3 Å². The first kappa shape index (κ1) is 18.0. The van der Waals surface area contributed by atoms with Gasteiger partial charge in [-0.3, -0.25) is 9.69 Å². The van der Waals surface area contributed by atoms with Gasteiger partial charge in [-0.2, -0.15) is 0 Å². The molecule has 0 atom stereocenters. The normalized spacial score (nSPS) is 15.9. The fourth-order valence-corrected chi connectivity index (χ4v) is 3.99. The molecule has 1 aliphatic heterocycles. The van der Waals surface area contributed by atoms with E-state index in [2.05, 4.69) is 27.7 Å². The van der Waals surface area contributed by atoms with Crippen molar-refractivity contribution in [1.82, 2.24) is 10.2 Å².